The molecule has 0 atom stereocenters. The van der Waals surface area contributed by atoms with Crippen LogP contribution in [0.15, 0.2) is 30.3 Å². The fourth-order valence-corrected chi connectivity index (χ4v) is 2.47. The van der Waals surface area contributed by atoms with Crippen LogP contribution in [0.1, 0.15) is 30.3 Å². The Balaban J connectivity index is 0.00000200. The van der Waals surface area contributed by atoms with E-state index in [1.54, 1.807) is 0 Å². The molecule has 1 aromatic carbocycles. The number of amides is 1. The van der Waals surface area contributed by atoms with Crippen molar-refractivity contribution in [2.24, 2.45) is 0 Å². The molecular formula is C14H18ClN3OS. The minimum Gasteiger partial charge on any atom is -0.301 e. The molecule has 1 amide bonds. The Hall–Kier alpha value is -1.46. The lowest BCUT2D eigenvalue weighted by atomic mass is 10.1. The van der Waals surface area contributed by atoms with Gasteiger partial charge in [-0.2, -0.15) is 0 Å². The Kier molecular flexibility index (Phi) is 7.18. The summed E-state index contributed by atoms with van der Waals surface area (Å²) < 4.78 is 0. The summed E-state index contributed by atoms with van der Waals surface area (Å²) in [4.78, 5) is 11.4. The molecule has 0 spiro atoms. The van der Waals surface area contributed by atoms with Crippen LogP contribution in [0.5, 0.6) is 0 Å². The standard InChI is InChI=1S/C14H17N3OS.ClH/c1-2-6-12(18)15-14-17-16-13(19-14)10-9-11-7-4-3-5-8-11;/h3-5,7-8H,2,6,9-10H2,1H3,(H,15,17,18);1H. The summed E-state index contributed by atoms with van der Waals surface area (Å²) in [5, 5.41) is 12.4. The molecule has 1 aromatic heterocycles. The Morgan fingerprint density at radius 2 is 1.95 bits per heavy atom. The lowest BCUT2D eigenvalue weighted by Crippen LogP contribution is -2.10. The molecule has 20 heavy (non-hydrogen) atoms. The molecule has 0 fully saturated rings. The first-order chi connectivity index (χ1) is 9.28. The number of benzene rings is 1. The zero-order valence-corrected chi connectivity index (χ0v) is 13.0. The van der Waals surface area contributed by atoms with E-state index in [2.05, 4.69) is 27.6 Å². The zero-order valence-electron chi connectivity index (χ0n) is 11.3. The molecule has 2 aromatic rings. The van der Waals surface area contributed by atoms with Crippen molar-refractivity contribution >= 4 is 34.8 Å². The molecule has 0 bridgehead atoms. The largest absolute Gasteiger partial charge is 0.301 e. The summed E-state index contributed by atoms with van der Waals surface area (Å²) in [5.74, 6) is 0.00765. The fourth-order valence-electron chi connectivity index (χ4n) is 1.71. The average Bonchev–Trinajstić information content (AvgIpc) is 2.85. The van der Waals surface area contributed by atoms with Gasteiger partial charge >= 0.3 is 0 Å². The van der Waals surface area contributed by atoms with E-state index in [0.717, 1.165) is 24.3 Å². The number of hydrogen-bond donors (Lipinski definition) is 1. The summed E-state index contributed by atoms with van der Waals surface area (Å²) in [6, 6.07) is 10.3. The van der Waals surface area contributed by atoms with Gasteiger partial charge in [0.1, 0.15) is 5.01 Å². The zero-order chi connectivity index (χ0) is 13.5. The summed E-state index contributed by atoms with van der Waals surface area (Å²) in [7, 11) is 0. The van der Waals surface area contributed by atoms with Crippen molar-refractivity contribution < 1.29 is 4.79 Å². The van der Waals surface area contributed by atoms with Crippen molar-refractivity contribution in [2.75, 3.05) is 5.32 Å². The van der Waals surface area contributed by atoms with E-state index in [9.17, 15) is 4.79 Å². The topological polar surface area (TPSA) is 54.9 Å². The lowest BCUT2D eigenvalue weighted by molar-refractivity contribution is -0.116. The van der Waals surface area contributed by atoms with Gasteiger partial charge in [-0.3, -0.25) is 4.79 Å². The molecule has 0 aliphatic carbocycles. The highest BCUT2D eigenvalue weighted by Gasteiger charge is 2.07. The number of aromatic nitrogens is 2. The number of hydrogen-bond acceptors (Lipinski definition) is 4. The van der Waals surface area contributed by atoms with E-state index < -0.39 is 0 Å². The van der Waals surface area contributed by atoms with Crippen molar-refractivity contribution in [2.45, 2.75) is 32.6 Å². The smallest absolute Gasteiger partial charge is 0.226 e. The maximum Gasteiger partial charge on any atom is 0.226 e. The first-order valence-electron chi connectivity index (χ1n) is 6.44. The van der Waals surface area contributed by atoms with Gasteiger partial charge < -0.3 is 5.32 Å². The van der Waals surface area contributed by atoms with Crippen LogP contribution in [0.25, 0.3) is 0 Å². The third kappa shape index (κ3) is 5.27. The van der Waals surface area contributed by atoms with Gasteiger partial charge in [-0.1, -0.05) is 48.6 Å². The van der Waals surface area contributed by atoms with E-state index in [4.69, 9.17) is 0 Å². The van der Waals surface area contributed by atoms with Crippen LogP contribution in [0.2, 0.25) is 0 Å². The number of halogens is 1. The fraction of sp³-hybridized carbons (Fsp3) is 0.357. The monoisotopic (exact) mass is 311 g/mol. The molecule has 1 heterocycles. The third-order valence-corrected chi connectivity index (χ3v) is 3.56. The molecule has 6 heteroatoms. The SMILES string of the molecule is CCCC(=O)Nc1nnc(CCc2ccccc2)s1.Cl. The van der Waals surface area contributed by atoms with Crippen LogP contribution in [0, 0.1) is 0 Å². The maximum atomic E-state index is 11.4. The van der Waals surface area contributed by atoms with E-state index in [1.165, 1.54) is 16.9 Å². The van der Waals surface area contributed by atoms with Gasteiger partial charge in [-0.25, -0.2) is 0 Å². The molecule has 4 nitrogen and oxygen atoms in total. The molecule has 0 aliphatic rings. The number of aryl methyl sites for hydroxylation is 2. The Labute approximate surface area is 129 Å². The van der Waals surface area contributed by atoms with E-state index in [-0.39, 0.29) is 18.3 Å². The van der Waals surface area contributed by atoms with Gasteiger partial charge in [0.25, 0.3) is 0 Å². The number of anilines is 1. The van der Waals surface area contributed by atoms with E-state index in [0.29, 0.717) is 11.6 Å². The first kappa shape index (κ1) is 16.6. The number of nitrogens with zero attached hydrogens (tertiary/aromatic N) is 2. The molecule has 0 aliphatic heterocycles. The predicted octanol–water partition coefficient (Wildman–Crippen LogP) is 3.48. The van der Waals surface area contributed by atoms with Gasteiger partial charge in [-0.15, -0.1) is 22.6 Å². The molecular weight excluding hydrogens is 294 g/mol. The highest BCUT2D eigenvalue weighted by atomic mass is 35.5. The van der Waals surface area contributed by atoms with Crippen molar-refractivity contribution in [1.82, 2.24) is 10.2 Å². The quantitative estimate of drug-likeness (QED) is 0.888. The molecule has 2 rings (SSSR count). The average molecular weight is 312 g/mol. The number of carbonyl (C=O) groups excluding carboxylic acids is 1. The van der Waals surface area contributed by atoms with E-state index >= 15 is 0 Å². The Morgan fingerprint density at radius 1 is 1.20 bits per heavy atom. The lowest BCUT2D eigenvalue weighted by Gasteiger charge is -1.98. The van der Waals surface area contributed by atoms with Crippen molar-refractivity contribution in [3.05, 3.63) is 40.9 Å². The molecule has 0 radical (unpaired) electrons. The summed E-state index contributed by atoms with van der Waals surface area (Å²) >= 11 is 1.45. The van der Waals surface area contributed by atoms with Crippen molar-refractivity contribution in [1.29, 1.82) is 0 Å². The second kappa shape index (κ2) is 8.66. The summed E-state index contributed by atoms with van der Waals surface area (Å²) in [6.45, 7) is 1.98. The number of nitrogens with one attached hydrogen (secondary N) is 1. The minimum absolute atomic E-state index is 0. The van der Waals surface area contributed by atoms with Crippen LogP contribution in [0.4, 0.5) is 5.13 Å². The van der Waals surface area contributed by atoms with E-state index in [1.807, 2.05) is 25.1 Å². The molecule has 0 unspecified atom stereocenters. The van der Waals surface area contributed by atoms with Crippen LogP contribution in [-0.4, -0.2) is 16.1 Å². The Bertz CT molecular complexity index is 530. The predicted molar refractivity (Wildman–Crippen MR) is 84.5 cm³/mol. The van der Waals surface area contributed by atoms with Gasteiger partial charge in [0.2, 0.25) is 11.0 Å². The molecule has 1 N–H and O–H groups in total. The molecule has 0 saturated heterocycles. The van der Waals surface area contributed by atoms with Gasteiger partial charge in [0, 0.05) is 12.8 Å². The van der Waals surface area contributed by atoms with Crippen LogP contribution >= 0.6 is 23.7 Å². The molecule has 108 valence electrons. The third-order valence-electron chi connectivity index (χ3n) is 2.66. The van der Waals surface area contributed by atoms with Gasteiger partial charge in [0.15, 0.2) is 0 Å². The number of carbonyl (C=O) groups is 1. The summed E-state index contributed by atoms with van der Waals surface area (Å²) in [5.41, 5.74) is 1.29. The maximum absolute atomic E-state index is 11.4. The minimum atomic E-state index is 0. The first-order valence-corrected chi connectivity index (χ1v) is 7.25. The second-order valence-corrected chi connectivity index (χ2v) is 5.35. The molecule has 0 saturated carbocycles. The second-order valence-electron chi connectivity index (χ2n) is 4.28. The van der Waals surface area contributed by atoms with Gasteiger partial charge in [-0.05, 0) is 18.4 Å². The van der Waals surface area contributed by atoms with Crippen molar-refractivity contribution in [3.8, 4) is 0 Å². The normalized spacial score (nSPS) is 9.85. The highest BCUT2D eigenvalue weighted by molar-refractivity contribution is 7.15. The van der Waals surface area contributed by atoms with Gasteiger partial charge in [0.05, 0.1) is 0 Å². The van der Waals surface area contributed by atoms with Crippen molar-refractivity contribution in [3.63, 3.8) is 0 Å². The highest BCUT2D eigenvalue weighted by Crippen LogP contribution is 2.17. The van der Waals surface area contributed by atoms with Crippen LogP contribution < -0.4 is 5.32 Å². The van der Waals surface area contributed by atoms with Crippen LogP contribution in [-0.2, 0) is 17.6 Å². The number of rotatable bonds is 6. The van der Waals surface area contributed by atoms with Crippen LogP contribution in [0.3, 0.4) is 0 Å². The Morgan fingerprint density at radius 3 is 2.65 bits per heavy atom. The summed E-state index contributed by atoms with van der Waals surface area (Å²) in [6.07, 6.45) is 3.16.